The van der Waals surface area contributed by atoms with Gasteiger partial charge in [-0.1, -0.05) is 18.6 Å². The second-order valence-electron chi connectivity index (χ2n) is 6.40. The predicted octanol–water partition coefficient (Wildman–Crippen LogP) is 2.72. The highest BCUT2D eigenvalue weighted by molar-refractivity contribution is 7.18. The number of hydrogen-bond donors (Lipinski definition) is 2. The van der Waals surface area contributed by atoms with E-state index in [0.29, 0.717) is 18.6 Å². The fourth-order valence-corrected chi connectivity index (χ4v) is 4.69. The van der Waals surface area contributed by atoms with Crippen LogP contribution in [0.1, 0.15) is 30.7 Å². The fraction of sp³-hybridized carbons (Fsp3) is 0.529. The Hall–Kier alpha value is -1.66. The van der Waals surface area contributed by atoms with Gasteiger partial charge in [0.1, 0.15) is 5.01 Å². The molecule has 1 aromatic heterocycles. The quantitative estimate of drug-likeness (QED) is 0.910. The monoisotopic (exact) mass is 330 g/mol. The Kier molecular flexibility index (Phi) is 4.18. The summed E-state index contributed by atoms with van der Waals surface area (Å²) < 4.78 is 1.17. The van der Waals surface area contributed by atoms with Gasteiger partial charge in [0, 0.05) is 18.6 Å². The average molecular weight is 330 g/mol. The lowest BCUT2D eigenvalue weighted by atomic mass is 9.99. The van der Waals surface area contributed by atoms with Crippen LogP contribution in [0.3, 0.4) is 0 Å². The number of aromatic nitrogens is 1. The standard InChI is InChI=1S/C17H22N4OS/c22-17(20-12-8-10-21-9-4-3-6-14(12)21)18-11-16-19-13-5-1-2-7-15(13)23-16/h1-2,5,7,12,14H,3-4,6,8-11H2,(H2,18,20,22)/t12-,14+/m0/s1. The summed E-state index contributed by atoms with van der Waals surface area (Å²) in [5.74, 6) is 0. The molecular formula is C17H22N4OS. The number of nitrogens with zero attached hydrogens (tertiary/aromatic N) is 2. The summed E-state index contributed by atoms with van der Waals surface area (Å²) >= 11 is 1.64. The third kappa shape index (κ3) is 3.19. The number of carbonyl (C=O) groups is 1. The van der Waals surface area contributed by atoms with E-state index in [1.54, 1.807) is 11.3 Å². The van der Waals surface area contributed by atoms with E-state index < -0.39 is 0 Å². The van der Waals surface area contributed by atoms with E-state index in [2.05, 4.69) is 26.6 Å². The van der Waals surface area contributed by atoms with Crippen molar-refractivity contribution in [3.05, 3.63) is 29.3 Å². The second-order valence-corrected chi connectivity index (χ2v) is 7.51. The maximum Gasteiger partial charge on any atom is 0.315 e. The SMILES string of the molecule is O=C(NCc1nc2ccccc2s1)N[C@H]1CCN2CCCC[C@H]12. The lowest BCUT2D eigenvalue weighted by Crippen LogP contribution is -2.49. The van der Waals surface area contributed by atoms with E-state index in [4.69, 9.17) is 0 Å². The van der Waals surface area contributed by atoms with E-state index in [9.17, 15) is 4.79 Å². The van der Waals surface area contributed by atoms with Crippen LogP contribution in [0.5, 0.6) is 0 Å². The van der Waals surface area contributed by atoms with E-state index >= 15 is 0 Å². The Morgan fingerprint density at radius 3 is 3.09 bits per heavy atom. The number of nitrogens with one attached hydrogen (secondary N) is 2. The number of carbonyl (C=O) groups excluding carboxylic acids is 1. The van der Waals surface area contributed by atoms with Gasteiger partial charge in [0.15, 0.2) is 0 Å². The third-order valence-corrected chi connectivity index (χ3v) is 5.95. The van der Waals surface area contributed by atoms with Gasteiger partial charge in [0.25, 0.3) is 0 Å². The first-order chi connectivity index (χ1) is 11.3. The highest BCUT2D eigenvalue weighted by Gasteiger charge is 2.36. The summed E-state index contributed by atoms with van der Waals surface area (Å²) in [7, 11) is 0. The Labute approximate surface area is 140 Å². The minimum atomic E-state index is -0.0679. The van der Waals surface area contributed by atoms with Crippen molar-refractivity contribution >= 4 is 27.6 Å². The highest BCUT2D eigenvalue weighted by atomic mass is 32.1. The zero-order chi connectivity index (χ0) is 15.6. The van der Waals surface area contributed by atoms with Crippen LogP contribution in [0, 0.1) is 0 Å². The van der Waals surface area contributed by atoms with Crippen molar-refractivity contribution in [2.24, 2.45) is 0 Å². The number of rotatable bonds is 3. The maximum absolute atomic E-state index is 12.2. The number of fused-ring (bicyclic) bond motifs is 2. The van der Waals surface area contributed by atoms with Crippen molar-refractivity contribution in [3.8, 4) is 0 Å². The molecule has 2 fully saturated rings. The molecule has 5 nitrogen and oxygen atoms in total. The molecule has 2 saturated heterocycles. The molecule has 23 heavy (non-hydrogen) atoms. The van der Waals surface area contributed by atoms with E-state index in [1.165, 1.54) is 30.5 Å². The van der Waals surface area contributed by atoms with Crippen molar-refractivity contribution < 1.29 is 4.79 Å². The molecule has 0 bridgehead atoms. The van der Waals surface area contributed by atoms with Crippen LogP contribution in [-0.4, -0.2) is 41.1 Å². The lowest BCUT2D eigenvalue weighted by Gasteiger charge is -2.32. The molecule has 0 radical (unpaired) electrons. The number of piperidine rings is 1. The molecule has 2 atom stereocenters. The molecule has 2 N–H and O–H groups in total. The number of thiazole rings is 1. The van der Waals surface area contributed by atoms with Crippen LogP contribution < -0.4 is 10.6 Å². The molecule has 0 spiro atoms. The molecule has 2 aromatic rings. The molecule has 2 amide bonds. The summed E-state index contributed by atoms with van der Waals surface area (Å²) in [5, 5.41) is 7.08. The molecule has 3 heterocycles. The number of hydrogen-bond acceptors (Lipinski definition) is 4. The van der Waals surface area contributed by atoms with E-state index in [0.717, 1.165) is 23.5 Å². The van der Waals surface area contributed by atoms with Gasteiger partial charge in [-0.2, -0.15) is 0 Å². The molecule has 1 aromatic carbocycles. The molecule has 0 unspecified atom stereocenters. The van der Waals surface area contributed by atoms with Gasteiger partial charge < -0.3 is 10.6 Å². The average Bonchev–Trinajstić information content (AvgIpc) is 3.17. The van der Waals surface area contributed by atoms with Gasteiger partial charge in [-0.05, 0) is 37.9 Å². The predicted molar refractivity (Wildman–Crippen MR) is 92.6 cm³/mol. The maximum atomic E-state index is 12.2. The molecule has 122 valence electrons. The minimum Gasteiger partial charge on any atom is -0.334 e. The topological polar surface area (TPSA) is 57.3 Å². The molecule has 6 heteroatoms. The van der Waals surface area contributed by atoms with Crippen LogP contribution >= 0.6 is 11.3 Å². The van der Waals surface area contributed by atoms with Crippen LogP contribution in [0.4, 0.5) is 4.79 Å². The molecule has 0 aliphatic carbocycles. The third-order valence-electron chi connectivity index (χ3n) is 4.91. The van der Waals surface area contributed by atoms with Crippen molar-refractivity contribution in [2.75, 3.05) is 13.1 Å². The van der Waals surface area contributed by atoms with Gasteiger partial charge in [0.2, 0.25) is 0 Å². The van der Waals surface area contributed by atoms with Gasteiger partial charge in [-0.25, -0.2) is 9.78 Å². The van der Waals surface area contributed by atoms with Crippen LogP contribution in [-0.2, 0) is 6.54 Å². The van der Waals surface area contributed by atoms with Crippen LogP contribution in [0.2, 0.25) is 0 Å². The largest absolute Gasteiger partial charge is 0.334 e. The van der Waals surface area contributed by atoms with Crippen molar-refractivity contribution in [1.29, 1.82) is 0 Å². The van der Waals surface area contributed by atoms with Gasteiger partial charge in [-0.3, -0.25) is 4.90 Å². The van der Waals surface area contributed by atoms with Crippen molar-refractivity contribution in [3.63, 3.8) is 0 Å². The zero-order valence-corrected chi connectivity index (χ0v) is 13.9. The van der Waals surface area contributed by atoms with Crippen LogP contribution in [0.25, 0.3) is 10.2 Å². The minimum absolute atomic E-state index is 0.0679. The summed E-state index contributed by atoms with van der Waals surface area (Å²) in [4.78, 5) is 19.3. The summed E-state index contributed by atoms with van der Waals surface area (Å²) in [5.41, 5.74) is 1.00. The first-order valence-corrected chi connectivity index (χ1v) is 9.24. The number of benzene rings is 1. The summed E-state index contributed by atoms with van der Waals surface area (Å²) in [6.07, 6.45) is 4.86. The lowest BCUT2D eigenvalue weighted by molar-refractivity contribution is 0.179. The smallest absolute Gasteiger partial charge is 0.315 e. The zero-order valence-electron chi connectivity index (χ0n) is 13.1. The number of amides is 2. The first-order valence-electron chi connectivity index (χ1n) is 8.42. The molecule has 0 saturated carbocycles. The van der Waals surface area contributed by atoms with Gasteiger partial charge in [-0.15, -0.1) is 11.3 Å². The van der Waals surface area contributed by atoms with Crippen LogP contribution in [0.15, 0.2) is 24.3 Å². The normalized spacial score (nSPS) is 24.5. The second kappa shape index (κ2) is 6.45. The summed E-state index contributed by atoms with van der Waals surface area (Å²) in [6, 6.07) is 8.84. The number of para-hydroxylation sites is 1. The van der Waals surface area contributed by atoms with Crippen molar-refractivity contribution in [1.82, 2.24) is 20.5 Å². The van der Waals surface area contributed by atoms with Crippen molar-refractivity contribution in [2.45, 2.75) is 44.3 Å². The fourth-order valence-electron chi connectivity index (χ4n) is 3.79. The van der Waals surface area contributed by atoms with E-state index in [-0.39, 0.29) is 6.03 Å². The van der Waals surface area contributed by atoms with Gasteiger partial charge >= 0.3 is 6.03 Å². The molecular weight excluding hydrogens is 308 g/mol. The first kappa shape index (κ1) is 14.9. The highest BCUT2D eigenvalue weighted by Crippen LogP contribution is 2.27. The molecule has 4 rings (SSSR count). The Balaban J connectivity index is 1.31. The Morgan fingerprint density at radius 2 is 2.17 bits per heavy atom. The Morgan fingerprint density at radius 1 is 1.26 bits per heavy atom. The number of urea groups is 1. The molecule has 2 aliphatic heterocycles. The van der Waals surface area contributed by atoms with Gasteiger partial charge in [0.05, 0.1) is 16.8 Å². The summed E-state index contributed by atoms with van der Waals surface area (Å²) in [6.45, 7) is 2.80. The van der Waals surface area contributed by atoms with E-state index in [1.807, 2.05) is 18.2 Å². The molecule has 2 aliphatic rings. The Bertz CT molecular complexity index is 668.